The topological polar surface area (TPSA) is 72.3 Å². The standard InChI is InChI=1S/C15H16N2O3/c1-9(2)13-5-4-12(6-10(13)3)20-15-16-7-11(8-17-15)14(18)19/h4-9H,1-3H3,(H,18,19). The maximum atomic E-state index is 10.7. The summed E-state index contributed by atoms with van der Waals surface area (Å²) in [6.45, 7) is 6.30. The van der Waals surface area contributed by atoms with Crippen molar-refractivity contribution in [3.63, 3.8) is 0 Å². The van der Waals surface area contributed by atoms with E-state index in [1.165, 1.54) is 18.0 Å². The number of aryl methyl sites for hydroxylation is 1. The van der Waals surface area contributed by atoms with E-state index in [4.69, 9.17) is 9.84 Å². The number of carboxylic acid groups (broad SMARTS) is 1. The summed E-state index contributed by atoms with van der Waals surface area (Å²) in [6.07, 6.45) is 2.44. The monoisotopic (exact) mass is 272 g/mol. The third-order valence-electron chi connectivity index (χ3n) is 2.95. The van der Waals surface area contributed by atoms with Gasteiger partial charge in [0.2, 0.25) is 0 Å². The lowest BCUT2D eigenvalue weighted by Crippen LogP contribution is -2.00. The van der Waals surface area contributed by atoms with Gasteiger partial charge in [-0.05, 0) is 36.1 Å². The number of hydrogen-bond acceptors (Lipinski definition) is 4. The van der Waals surface area contributed by atoms with Gasteiger partial charge >= 0.3 is 12.0 Å². The fraction of sp³-hybridized carbons (Fsp3) is 0.267. The van der Waals surface area contributed by atoms with E-state index < -0.39 is 5.97 Å². The maximum Gasteiger partial charge on any atom is 0.338 e. The molecule has 0 atom stereocenters. The lowest BCUT2D eigenvalue weighted by atomic mass is 9.98. The Morgan fingerprint density at radius 2 is 1.90 bits per heavy atom. The molecule has 2 rings (SSSR count). The quantitative estimate of drug-likeness (QED) is 0.923. The van der Waals surface area contributed by atoms with Crippen molar-refractivity contribution in [1.82, 2.24) is 9.97 Å². The van der Waals surface area contributed by atoms with Gasteiger partial charge < -0.3 is 9.84 Å². The van der Waals surface area contributed by atoms with Gasteiger partial charge in [-0.3, -0.25) is 0 Å². The predicted molar refractivity (Wildman–Crippen MR) is 74.3 cm³/mol. The van der Waals surface area contributed by atoms with Crippen molar-refractivity contribution in [2.24, 2.45) is 0 Å². The van der Waals surface area contributed by atoms with Crippen LogP contribution in [0.3, 0.4) is 0 Å². The van der Waals surface area contributed by atoms with E-state index in [0.717, 1.165) is 5.56 Å². The van der Waals surface area contributed by atoms with Gasteiger partial charge in [-0.2, -0.15) is 0 Å². The number of aromatic nitrogens is 2. The van der Waals surface area contributed by atoms with Crippen molar-refractivity contribution < 1.29 is 14.6 Å². The number of ether oxygens (including phenoxy) is 1. The van der Waals surface area contributed by atoms with Gasteiger partial charge in [-0.15, -0.1) is 0 Å². The number of aromatic carboxylic acids is 1. The van der Waals surface area contributed by atoms with Crippen LogP contribution in [-0.2, 0) is 0 Å². The fourth-order valence-electron chi connectivity index (χ4n) is 1.94. The smallest absolute Gasteiger partial charge is 0.338 e. The minimum atomic E-state index is -1.06. The first-order valence-corrected chi connectivity index (χ1v) is 6.31. The molecule has 0 bridgehead atoms. The number of nitrogens with zero attached hydrogens (tertiary/aromatic N) is 2. The Bertz CT molecular complexity index is 622. The Morgan fingerprint density at radius 3 is 2.40 bits per heavy atom. The number of hydrogen-bond donors (Lipinski definition) is 1. The molecule has 1 aromatic carbocycles. The van der Waals surface area contributed by atoms with E-state index in [-0.39, 0.29) is 11.6 Å². The van der Waals surface area contributed by atoms with E-state index in [0.29, 0.717) is 11.7 Å². The second-order valence-electron chi connectivity index (χ2n) is 4.83. The van der Waals surface area contributed by atoms with Crippen LogP contribution >= 0.6 is 0 Å². The van der Waals surface area contributed by atoms with Crippen molar-refractivity contribution >= 4 is 5.97 Å². The summed E-state index contributed by atoms with van der Waals surface area (Å²) < 4.78 is 5.51. The first-order chi connectivity index (χ1) is 9.47. The highest BCUT2D eigenvalue weighted by atomic mass is 16.5. The molecule has 0 radical (unpaired) electrons. The molecule has 0 amide bonds. The van der Waals surface area contributed by atoms with Crippen molar-refractivity contribution in [2.75, 3.05) is 0 Å². The van der Waals surface area contributed by atoms with Gasteiger partial charge in [0.25, 0.3) is 0 Å². The van der Waals surface area contributed by atoms with Crippen molar-refractivity contribution in [1.29, 1.82) is 0 Å². The average Bonchev–Trinajstić information content (AvgIpc) is 2.39. The highest BCUT2D eigenvalue weighted by molar-refractivity contribution is 5.86. The van der Waals surface area contributed by atoms with Crippen LogP contribution < -0.4 is 4.74 Å². The lowest BCUT2D eigenvalue weighted by Gasteiger charge is -2.11. The largest absolute Gasteiger partial charge is 0.478 e. The van der Waals surface area contributed by atoms with E-state index in [2.05, 4.69) is 23.8 Å². The molecule has 1 heterocycles. The van der Waals surface area contributed by atoms with Gasteiger partial charge in [0, 0.05) is 12.4 Å². The van der Waals surface area contributed by atoms with Gasteiger partial charge in [0.15, 0.2) is 0 Å². The van der Waals surface area contributed by atoms with Gasteiger partial charge in [-0.1, -0.05) is 19.9 Å². The molecule has 0 spiro atoms. The fourth-order valence-corrected chi connectivity index (χ4v) is 1.94. The lowest BCUT2D eigenvalue weighted by molar-refractivity contribution is 0.0696. The van der Waals surface area contributed by atoms with E-state index in [9.17, 15) is 4.79 Å². The molecular formula is C15H16N2O3. The molecule has 1 N–H and O–H groups in total. The Hall–Kier alpha value is -2.43. The molecule has 5 nitrogen and oxygen atoms in total. The highest BCUT2D eigenvalue weighted by Gasteiger charge is 2.08. The zero-order valence-electron chi connectivity index (χ0n) is 11.6. The normalized spacial score (nSPS) is 10.6. The minimum absolute atomic E-state index is 0.0312. The summed E-state index contributed by atoms with van der Waals surface area (Å²) >= 11 is 0. The Labute approximate surface area is 117 Å². The van der Waals surface area contributed by atoms with Crippen LogP contribution in [0.1, 0.15) is 41.3 Å². The molecule has 0 saturated heterocycles. The SMILES string of the molecule is Cc1cc(Oc2ncc(C(=O)O)cn2)ccc1C(C)C. The van der Waals surface area contributed by atoms with E-state index >= 15 is 0 Å². The number of benzene rings is 1. The maximum absolute atomic E-state index is 10.7. The predicted octanol–water partition coefficient (Wildman–Crippen LogP) is 3.40. The van der Waals surface area contributed by atoms with Crippen molar-refractivity contribution in [3.05, 3.63) is 47.3 Å². The molecule has 5 heteroatoms. The number of carboxylic acids is 1. The first-order valence-electron chi connectivity index (χ1n) is 6.31. The van der Waals surface area contributed by atoms with Crippen LogP contribution in [0.4, 0.5) is 0 Å². The zero-order chi connectivity index (χ0) is 14.7. The third-order valence-corrected chi connectivity index (χ3v) is 2.95. The summed E-state index contributed by atoms with van der Waals surface area (Å²) in [5.74, 6) is 0.0267. The number of rotatable bonds is 4. The second-order valence-corrected chi connectivity index (χ2v) is 4.83. The summed E-state index contributed by atoms with van der Waals surface area (Å²) in [5.41, 5.74) is 2.43. The minimum Gasteiger partial charge on any atom is -0.478 e. The molecule has 0 aliphatic rings. The van der Waals surface area contributed by atoms with Gasteiger partial charge in [0.1, 0.15) is 5.75 Å². The van der Waals surface area contributed by atoms with Crippen LogP contribution in [0.2, 0.25) is 0 Å². The van der Waals surface area contributed by atoms with Crippen molar-refractivity contribution in [2.45, 2.75) is 26.7 Å². The molecule has 0 saturated carbocycles. The summed E-state index contributed by atoms with van der Waals surface area (Å²) in [4.78, 5) is 18.4. The summed E-state index contributed by atoms with van der Waals surface area (Å²) in [5, 5.41) is 8.76. The van der Waals surface area contributed by atoms with E-state index in [1.807, 2.05) is 25.1 Å². The molecular weight excluding hydrogens is 256 g/mol. The average molecular weight is 272 g/mol. The van der Waals surface area contributed by atoms with Crippen LogP contribution in [0.25, 0.3) is 0 Å². The van der Waals surface area contributed by atoms with Crippen LogP contribution in [-0.4, -0.2) is 21.0 Å². The Morgan fingerprint density at radius 1 is 1.25 bits per heavy atom. The molecule has 104 valence electrons. The molecule has 20 heavy (non-hydrogen) atoms. The van der Waals surface area contributed by atoms with Crippen LogP contribution in [0, 0.1) is 6.92 Å². The molecule has 2 aromatic rings. The zero-order valence-corrected chi connectivity index (χ0v) is 11.6. The van der Waals surface area contributed by atoms with Crippen LogP contribution in [0.5, 0.6) is 11.8 Å². The summed E-state index contributed by atoms with van der Waals surface area (Å²) in [7, 11) is 0. The van der Waals surface area contributed by atoms with Gasteiger partial charge in [-0.25, -0.2) is 14.8 Å². The highest BCUT2D eigenvalue weighted by Crippen LogP contribution is 2.25. The number of carbonyl (C=O) groups is 1. The van der Waals surface area contributed by atoms with Gasteiger partial charge in [0.05, 0.1) is 5.56 Å². The van der Waals surface area contributed by atoms with E-state index in [1.54, 1.807) is 0 Å². The second kappa shape index (κ2) is 5.69. The first kappa shape index (κ1) is 14.0. The molecule has 1 aromatic heterocycles. The molecule has 0 unspecified atom stereocenters. The molecule has 0 aliphatic carbocycles. The van der Waals surface area contributed by atoms with Crippen LogP contribution in [0.15, 0.2) is 30.6 Å². The van der Waals surface area contributed by atoms with Crippen molar-refractivity contribution in [3.8, 4) is 11.8 Å². The summed E-state index contributed by atoms with van der Waals surface area (Å²) in [6, 6.07) is 5.92. The molecule has 0 aliphatic heterocycles. The third kappa shape index (κ3) is 3.12. The molecule has 0 fully saturated rings. The Balaban J connectivity index is 2.17. The Kier molecular flexibility index (Phi) is 3.98.